The van der Waals surface area contributed by atoms with Crippen molar-refractivity contribution in [3.8, 4) is 5.75 Å². The molecular formula is C11H14O4. The molecule has 0 fully saturated rings. The third-order valence-corrected chi connectivity index (χ3v) is 2.03. The zero-order valence-corrected chi connectivity index (χ0v) is 8.51. The van der Waals surface area contributed by atoms with Crippen molar-refractivity contribution in [3.63, 3.8) is 0 Å². The molecule has 0 heterocycles. The summed E-state index contributed by atoms with van der Waals surface area (Å²) in [6, 6.07) is 6.89. The maximum atomic E-state index is 10.5. The summed E-state index contributed by atoms with van der Waals surface area (Å²) in [7, 11) is 0. The molecule has 0 aliphatic carbocycles. The Balaban J connectivity index is 2.47. The second-order valence-electron chi connectivity index (χ2n) is 3.35. The molecule has 0 amide bonds. The monoisotopic (exact) mass is 210 g/mol. The number of aliphatic hydroxyl groups is 1. The number of carbonyl (C=O) groups is 1. The van der Waals surface area contributed by atoms with Crippen LogP contribution in [0.15, 0.2) is 24.3 Å². The maximum Gasteiger partial charge on any atom is 0.309 e. The third-order valence-electron chi connectivity index (χ3n) is 2.03. The molecule has 0 aliphatic rings. The molecule has 1 unspecified atom stereocenters. The average Bonchev–Trinajstić information content (AvgIpc) is 2.26. The molecule has 1 rings (SSSR count). The molecule has 1 aromatic rings. The summed E-state index contributed by atoms with van der Waals surface area (Å²) in [4.78, 5) is 10.5. The van der Waals surface area contributed by atoms with Gasteiger partial charge in [-0.15, -0.1) is 0 Å². The van der Waals surface area contributed by atoms with Crippen LogP contribution in [0.2, 0.25) is 0 Å². The molecule has 1 aromatic carbocycles. The average molecular weight is 210 g/mol. The van der Waals surface area contributed by atoms with Gasteiger partial charge in [0.15, 0.2) is 0 Å². The van der Waals surface area contributed by atoms with Crippen molar-refractivity contribution in [1.29, 1.82) is 0 Å². The number of ether oxygens (including phenoxy) is 1. The van der Waals surface area contributed by atoms with Crippen molar-refractivity contribution in [2.75, 3.05) is 6.61 Å². The lowest BCUT2D eigenvalue weighted by Crippen LogP contribution is -2.17. The van der Waals surface area contributed by atoms with Gasteiger partial charge in [0, 0.05) is 0 Å². The van der Waals surface area contributed by atoms with Crippen molar-refractivity contribution >= 4 is 5.97 Å². The highest BCUT2D eigenvalue weighted by Gasteiger charge is 2.11. The van der Waals surface area contributed by atoms with Crippen LogP contribution in [0.1, 0.15) is 12.5 Å². The van der Waals surface area contributed by atoms with Gasteiger partial charge in [0.25, 0.3) is 0 Å². The molecule has 0 aliphatic heterocycles. The van der Waals surface area contributed by atoms with E-state index >= 15 is 0 Å². The van der Waals surface area contributed by atoms with Crippen LogP contribution in [0.4, 0.5) is 0 Å². The van der Waals surface area contributed by atoms with Crippen LogP contribution in [0.3, 0.4) is 0 Å². The van der Waals surface area contributed by atoms with Crippen LogP contribution in [0.25, 0.3) is 0 Å². The van der Waals surface area contributed by atoms with Gasteiger partial charge in [0.05, 0.1) is 12.5 Å². The van der Waals surface area contributed by atoms with Gasteiger partial charge in [-0.2, -0.15) is 0 Å². The van der Waals surface area contributed by atoms with E-state index in [2.05, 4.69) is 0 Å². The fourth-order valence-corrected chi connectivity index (χ4v) is 0.984. The fourth-order valence-electron chi connectivity index (χ4n) is 0.984. The lowest BCUT2D eigenvalue weighted by atomic mass is 10.2. The van der Waals surface area contributed by atoms with E-state index in [9.17, 15) is 4.79 Å². The number of benzene rings is 1. The number of hydrogen-bond acceptors (Lipinski definition) is 3. The molecule has 1 atom stereocenters. The Morgan fingerprint density at radius 3 is 2.47 bits per heavy atom. The molecule has 4 nitrogen and oxygen atoms in total. The zero-order chi connectivity index (χ0) is 11.3. The Morgan fingerprint density at radius 2 is 2.00 bits per heavy atom. The van der Waals surface area contributed by atoms with Crippen LogP contribution >= 0.6 is 0 Å². The minimum atomic E-state index is -0.873. The fraction of sp³-hybridized carbons (Fsp3) is 0.364. The van der Waals surface area contributed by atoms with Gasteiger partial charge in [-0.05, 0) is 24.6 Å². The normalized spacial score (nSPS) is 12.1. The molecule has 0 saturated heterocycles. The van der Waals surface area contributed by atoms with Gasteiger partial charge < -0.3 is 14.9 Å². The Hall–Kier alpha value is -1.55. The van der Waals surface area contributed by atoms with Crippen molar-refractivity contribution in [2.24, 2.45) is 5.92 Å². The second-order valence-corrected chi connectivity index (χ2v) is 3.35. The summed E-state index contributed by atoms with van der Waals surface area (Å²) in [5.74, 6) is -0.787. The minimum absolute atomic E-state index is 0.00813. The number of carboxylic acid groups (broad SMARTS) is 1. The van der Waals surface area contributed by atoms with Crippen LogP contribution in [-0.2, 0) is 11.4 Å². The van der Waals surface area contributed by atoms with E-state index in [0.717, 1.165) is 5.56 Å². The minimum Gasteiger partial charge on any atom is -0.493 e. The zero-order valence-electron chi connectivity index (χ0n) is 8.51. The Bertz CT molecular complexity index is 318. The van der Waals surface area contributed by atoms with Gasteiger partial charge in [0.1, 0.15) is 12.4 Å². The molecule has 82 valence electrons. The van der Waals surface area contributed by atoms with Crippen molar-refractivity contribution in [1.82, 2.24) is 0 Å². The van der Waals surface area contributed by atoms with Crippen molar-refractivity contribution < 1.29 is 19.7 Å². The highest BCUT2D eigenvalue weighted by Crippen LogP contribution is 2.13. The smallest absolute Gasteiger partial charge is 0.309 e. The van der Waals surface area contributed by atoms with Crippen LogP contribution in [0.5, 0.6) is 5.75 Å². The van der Waals surface area contributed by atoms with Gasteiger partial charge in [-0.1, -0.05) is 12.1 Å². The molecule has 0 saturated carbocycles. The van der Waals surface area contributed by atoms with E-state index in [1.54, 1.807) is 31.2 Å². The molecule has 2 N–H and O–H groups in total. The Kier molecular flexibility index (Phi) is 4.12. The number of aliphatic carboxylic acids is 1. The van der Waals surface area contributed by atoms with E-state index in [4.69, 9.17) is 14.9 Å². The highest BCUT2D eigenvalue weighted by molar-refractivity contribution is 5.69. The number of hydrogen-bond donors (Lipinski definition) is 2. The lowest BCUT2D eigenvalue weighted by molar-refractivity contribution is -0.142. The summed E-state index contributed by atoms with van der Waals surface area (Å²) in [6.45, 7) is 1.73. The summed E-state index contributed by atoms with van der Waals surface area (Å²) < 4.78 is 5.27. The molecule has 0 radical (unpaired) electrons. The van der Waals surface area contributed by atoms with E-state index in [1.807, 2.05) is 0 Å². The number of rotatable bonds is 5. The largest absolute Gasteiger partial charge is 0.493 e. The molecule has 0 spiro atoms. The predicted octanol–water partition coefficient (Wildman–Crippen LogP) is 1.28. The van der Waals surface area contributed by atoms with Gasteiger partial charge in [-0.3, -0.25) is 4.79 Å². The van der Waals surface area contributed by atoms with Gasteiger partial charge >= 0.3 is 5.97 Å². The van der Waals surface area contributed by atoms with Gasteiger partial charge in [0.2, 0.25) is 0 Å². The molecule has 0 aromatic heterocycles. The third kappa shape index (κ3) is 3.59. The molecule has 15 heavy (non-hydrogen) atoms. The standard InChI is InChI=1S/C11H14O4/c1-8(11(13)14)7-15-10-4-2-9(6-12)3-5-10/h2-5,8,12H,6-7H2,1H3,(H,13,14). The quantitative estimate of drug-likeness (QED) is 0.768. The first-order chi connectivity index (χ1) is 7.13. The van der Waals surface area contributed by atoms with E-state index in [0.29, 0.717) is 5.75 Å². The topological polar surface area (TPSA) is 66.8 Å². The molecule has 4 heteroatoms. The number of carboxylic acids is 1. The maximum absolute atomic E-state index is 10.5. The first-order valence-electron chi connectivity index (χ1n) is 4.69. The summed E-state index contributed by atoms with van der Waals surface area (Å²) in [6.07, 6.45) is 0. The molecule has 0 bridgehead atoms. The first-order valence-corrected chi connectivity index (χ1v) is 4.69. The van der Waals surface area contributed by atoms with Crippen LogP contribution in [-0.4, -0.2) is 22.8 Å². The predicted molar refractivity (Wildman–Crippen MR) is 54.7 cm³/mol. The van der Waals surface area contributed by atoms with Gasteiger partial charge in [-0.25, -0.2) is 0 Å². The van der Waals surface area contributed by atoms with E-state index < -0.39 is 11.9 Å². The first kappa shape index (κ1) is 11.5. The SMILES string of the molecule is CC(COc1ccc(CO)cc1)C(=O)O. The second kappa shape index (κ2) is 5.36. The lowest BCUT2D eigenvalue weighted by Gasteiger charge is -2.09. The van der Waals surface area contributed by atoms with E-state index in [1.165, 1.54) is 0 Å². The van der Waals surface area contributed by atoms with Crippen molar-refractivity contribution in [3.05, 3.63) is 29.8 Å². The summed E-state index contributed by atoms with van der Waals surface area (Å²) in [5.41, 5.74) is 0.800. The van der Waals surface area contributed by atoms with Crippen LogP contribution in [0, 0.1) is 5.92 Å². The number of aliphatic hydroxyl groups excluding tert-OH is 1. The van der Waals surface area contributed by atoms with E-state index in [-0.39, 0.29) is 13.2 Å². The van der Waals surface area contributed by atoms with Crippen molar-refractivity contribution in [2.45, 2.75) is 13.5 Å². The molecular weight excluding hydrogens is 196 g/mol. The summed E-state index contributed by atoms with van der Waals surface area (Å²) >= 11 is 0. The Labute approximate surface area is 88.1 Å². The highest BCUT2D eigenvalue weighted by atomic mass is 16.5. The summed E-state index contributed by atoms with van der Waals surface area (Å²) in [5, 5.41) is 17.4. The van der Waals surface area contributed by atoms with Crippen LogP contribution < -0.4 is 4.74 Å². The Morgan fingerprint density at radius 1 is 1.40 bits per heavy atom.